The number of hydrogen-bond donors (Lipinski definition) is 1. The van der Waals surface area contributed by atoms with E-state index in [1.807, 2.05) is 37.3 Å². The van der Waals surface area contributed by atoms with E-state index in [0.717, 1.165) is 28.1 Å². The van der Waals surface area contributed by atoms with Gasteiger partial charge in [-0.1, -0.05) is 48.0 Å². The molecule has 4 aromatic carbocycles. The quantitative estimate of drug-likeness (QED) is 0.375. The van der Waals surface area contributed by atoms with Gasteiger partial charge in [-0.3, -0.25) is 9.10 Å². The predicted octanol–water partition coefficient (Wildman–Crippen LogP) is 5.73. The lowest BCUT2D eigenvalue weighted by molar-refractivity contribution is -0.114. The summed E-state index contributed by atoms with van der Waals surface area (Å²) in [6.07, 6.45) is 1.98. The highest BCUT2D eigenvalue weighted by atomic mass is 35.5. The second-order valence-electron chi connectivity index (χ2n) is 8.46. The fraction of sp³-hybridized carbons (Fsp3) is 0.148. The van der Waals surface area contributed by atoms with Crippen molar-refractivity contribution in [1.29, 1.82) is 0 Å². The summed E-state index contributed by atoms with van der Waals surface area (Å²) in [5, 5.41) is 5.54. The van der Waals surface area contributed by atoms with E-state index in [1.54, 1.807) is 18.2 Å². The monoisotopic (exact) mass is 490 g/mol. The number of hydrogen-bond acceptors (Lipinski definition) is 3. The largest absolute Gasteiger partial charge is 0.324 e. The molecule has 34 heavy (non-hydrogen) atoms. The standard InChI is InChI=1S/C27H23ClN2O3S/c1-18-4-2-6-22(16-18)30(34(32,33)23-13-11-21(28)12-14-23)17-26(31)29-25-15-10-20-9-8-19-5-3-7-24(25)27(19)20/h2-7,10-16H,8-9,17H2,1H3,(H,29,31). The van der Waals surface area contributed by atoms with Crippen molar-refractivity contribution in [3.05, 3.63) is 101 Å². The third kappa shape index (κ3) is 4.15. The highest BCUT2D eigenvalue weighted by Crippen LogP contribution is 2.35. The normalized spacial score (nSPS) is 12.6. The van der Waals surface area contributed by atoms with Crippen LogP contribution in [0.2, 0.25) is 5.02 Å². The SMILES string of the molecule is Cc1cccc(N(CC(=O)Nc2ccc3c4c(cccc24)CC3)S(=O)(=O)c2ccc(Cl)cc2)c1. The summed E-state index contributed by atoms with van der Waals surface area (Å²) >= 11 is 5.96. The molecule has 1 aliphatic rings. The molecule has 1 N–H and O–H groups in total. The smallest absolute Gasteiger partial charge is 0.264 e. The van der Waals surface area contributed by atoms with Gasteiger partial charge >= 0.3 is 0 Å². The highest BCUT2D eigenvalue weighted by Gasteiger charge is 2.28. The Labute approximate surface area is 204 Å². The maximum Gasteiger partial charge on any atom is 0.264 e. The van der Waals surface area contributed by atoms with Gasteiger partial charge in [0.25, 0.3) is 10.0 Å². The van der Waals surface area contributed by atoms with E-state index in [4.69, 9.17) is 11.6 Å². The van der Waals surface area contributed by atoms with Crippen LogP contribution in [0.3, 0.4) is 0 Å². The second kappa shape index (κ2) is 8.78. The Kier molecular flexibility index (Phi) is 5.80. The van der Waals surface area contributed by atoms with Crippen LogP contribution in [0.1, 0.15) is 16.7 Å². The van der Waals surface area contributed by atoms with Crippen molar-refractivity contribution < 1.29 is 13.2 Å². The van der Waals surface area contributed by atoms with Gasteiger partial charge in [-0.25, -0.2) is 8.42 Å². The minimum atomic E-state index is -4.01. The molecule has 0 saturated carbocycles. The average Bonchev–Trinajstić information content (AvgIpc) is 3.24. The third-order valence-corrected chi connectivity index (χ3v) is 8.17. The first-order valence-corrected chi connectivity index (χ1v) is 12.8. The number of aryl methyl sites for hydroxylation is 3. The Morgan fingerprint density at radius 2 is 1.65 bits per heavy atom. The first-order chi connectivity index (χ1) is 16.3. The van der Waals surface area contributed by atoms with Crippen molar-refractivity contribution in [3.63, 3.8) is 0 Å². The lowest BCUT2D eigenvalue weighted by Crippen LogP contribution is -2.38. The van der Waals surface area contributed by atoms with Crippen LogP contribution in [0.15, 0.2) is 83.8 Å². The molecule has 0 aromatic heterocycles. The van der Waals surface area contributed by atoms with Gasteiger partial charge in [0, 0.05) is 16.1 Å². The van der Waals surface area contributed by atoms with E-state index < -0.39 is 15.9 Å². The van der Waals surface area contributed by atoms with Crippen molar-refractivity contribution in [2.24, 2.45) is 0 Å². The van der Waals surface area contributed by atoms with Crippen LogP contribution in [0.5, 0.6) is 0 Å². The number of carbonyl (C=O) groups excluding carboxylic acids is 1. The van der Waals surface area contributed by atoms with E-state index in [2.05, 4.69) is 11.4 Å². The summed E-state index contributed by atoms with van der Waals surface area (Å²) in [5.41, 5.74) is 4.54. The van der Waals surface area contributed by atoms with Gasteiger partial charge in [0.1, 0.15) is 6.54 Å². The summed E-state index contributed by atoms with van der Waals surface area (Å²) in [4.78, 5) is 13.3. The number of anilines is 2. The van der Waals surface area contributed by atoms with Gasteiger partial charge in [0.15, 0.2) is 0 Å². The Morgan fingerprint density at radius 1 is 0.941 bits per heavy atom. The number of carbonyl (C=O) groups is 1. The molecule has 0 atom stereocenters. The molecule has 0 heterocycles. The van der Waals surface area contributed by atoms with Gasteiger partial charge in [-0.05, 0) is 84.3 Å². The second-order valence-corrected chi connectivity index (χ2v) is 10.8. The third-order valence-electron chi connectivity index (χ3n) is 6.13. The van der Waals surface area contributed by atoms with Crippen LogP contribution in [0.4, 0.5) is 11.4 Å². The molecule has 5 rings (SSSR count). The van der Waals surface area contributed by atoms with E-state index >= 15 is 0 Å². The molecule has 0 spiro atoms. The molecule has 0 bridgehead atoms. The number of halogens is 1. The summed E-state index contributed by atoms with van der Waals surface area (Å²) in [6.45, 7) is 1.51. The fourth-order valence-electron chi connectivity index (χ4n) is 4.51. The summed E-state index contributed by atoms with van der Waals surface area (Å²) < 4.78 is 28.2. The minimum absolute atomic E-state index is 0.0662. The molecule has 0 radical (unpaired) electrons. The van der Waals surface area contributed by atoms with Crippen LogP contribution >= 0.6 is 11.6 Å². The predicted molar refractivity (Wildman–Crippen MR) is 137 cm³/mol. The fourth-order valence-corrected chi connectivity index (χ4v) is 6.05. The van der Waals surface area contributed by atoms with Gasteiger partial charge in [-0.2, -0.15) is 0 Å². The Morgan fingerprint density at radius 3 is 2.38 bits per heavy atom. The number of benzene rings is 4. The average molecular weight is 491 g/mol. The van der Waals surface area contributed by atoms with E-state index in [0.29, 0.717) is 16.4 Å². The van der Waals surface area contributed by atoms with Gasteiger partial charge in [-0.15, -0.1) is 0 Å². The number of rotatable bonds is 6. The van der Waals surface area contributed by atoms with E-state index in [1.165, 1.54) is 40.8 Å². The van der Waals surface area contributed by atoms with Crippen LogP contribution in [-0.4, -0.2) is 20.9 Å². The number of nitrogens with zero attached hydrogens (tertiary/aromatic N) is 1. The molecule has 172 valence electrons. The van der Waals surface area contributed by atoms with E-state index in [-0.39, 0.29) is 11.4 Å². The van der Waals surface area contributed by atoms with Crippen LogP contribution < -0.4 is 9.62 Å². The van der Waals surface area contributed by atoms with Crippen molar-refractivity contribution in [1.82, 2.24) is 0 Å². The Hall–Kier alpha value is -3.35. The molecule has 0 aliphatic heterocycles. The molecular weight excluding hydrogens is 468 g/mol. The first kappa shape index (κ1) is 22.4. The highest BCUT2D eigenvalue weighted by molar-refractivity contribution is 7.92. The van der Waals surface area contributed by atoms with Gasteiger partial charge in [0.05, 0.1) is 10.6 Å². The number of amides is 1. The molecule has 7 heteroatoms. The van der Waals surface area contributed by atoms with Crippen molar-refractivity contribution in [3.8, 4) is 0 Å². The molecule has 0 saturated heterocycles. The molecule has 5 nitrogen and oxygen atoms in total. The molecule has 0 fully saturated rings. The lowest BCUT2D eigenvalue weighted by atomic mass is 10.0. The number of nitrogens with one attached hydrogen (secondary N) is 1. The van der Waals surface area contributed by atoms with Gasteiger partial charge < -0.3 is 5.32 Å². The van der Waals surface area contributed by atoms with E-state index in [9.17, 15) is 13.2 Å². The number of sulfonamides is 1. The van der Waals surface area contributed by atoms with Crippen LogP contribution in [0, 0.1) is 6.92 Å². The van der Waals surface area contributed by atoms with Gasteiger partial charge in [0.2, 0.25) is 5.91 Å². The topological polar surface area (TPSA) is 66.5 Å². The van der Waals surface area contributed by atoms with Crippen molar-refractivity contribution in [2.75, 3.05) is 16.2 Å². The first-order valence-electron chi connectivity index (χ1n) is 11.0. The van der Waals surface area contributed by atoms with Crippen molar-refractivity contribution >= 4 is 49.7 Å². The molecule has 1 amide bonds. The summed E-state index contributed by atoms with van der Waals surface area (Å²) in [7, 11) is -4.01. The van der Waals surface area contributed by atoms with Crippen LogP contribution in [0.25, 0.3) is 10.8 Å². The van der Waals surface area contributed by atoms with Crippen LogP contribution in [-0.2, 0) is 27.7 Å². The molecular formula is C27H23ClN2O3S. The zero-order valence-corrected chi connectivity index (χ0v) is 20.2. The molecule has 4 aromatic rings. The zero-order valence-electron chi connectivity index (χ0n) is 18.6. The zero-order chi connectivity index (χ0) is 23.9. The Bertz CT molecular complexity index is 1500. The molecule has 0 unspecified atom stereocenters. The van der Waals surface area contributed by atoms with Crippen molar-refractivity contribution in [2.45, 2.75) is 24.7 Å². The lowest BCUT2D eigenvalue weighted by Gasteiger charge is -2.24. The summed E-state index contributed by atoms with van der Waals surface area (Å²) in [6, 6.07) is 23.1. The Balaban J connectivity index is 1.49. The maximum absolute atomic E-state index is 13.6. The minimum Gasteiger partial charge on any atom is -0.324 e. The maximum atomic E-state index is 13.6. The summed E-state index contributed by atoms with van der Waals surface area (Å²) in [5.74, 6) is -0.419. The molecule has 1 aliphatic carbocycles.